The number of carbonyl (C=O) groups excluding carboxylic acids is 2. The van der Waals surface area contributed by atoms with Gasteiger partial charge in [0.1, 0.15) is 5.69 Å². The zero-order valence-electron chi connectivity index (χ0n) is 18.0. The molecule has 0 N–H and O–H groups in total. The SMILES string of the molecule is CN(C(=O)c1cccs1)[C@@H](Cc1ccccc1)C1CCN(C(=O)c2ccn(C)n2)CC1. The van der Waals surface area contributed by atoms with Gasteiger partial charge in [-0.15, -0.1) is 11.3 Å². The number of amides is 2. The number of aromatic nitrogens is 2. The lowest BCUT2D eigenvalue weighted by molar-refractivity contribution is 0.0522. The molecule has 1 aliphatic rings. The van der Waals surface area contributed by atoms with Crippen LogP contribution in [0.2, 0.25) is 0 Å². The van der Waals surface area contributed by atoms with Crippen LogP contribution in [-0.4, -0.2) is 57.6 Å². The minimum Gasteiger partial charge on any atom is -0.337 e. The topological polar surface area (TPSA) is 58.4 Å². The Hall–Kier alpha value is -2.93. The van der Waals surface area contributed by atoms with Crippen molar-refractivity contribution in [2.24, 2.45) is 13.0 Å². The highest BCUT2D eigenvalue weighted by atomic mass is 32.1. The van der Waals surface area contributed by atoms with Gasteiger partial charge in [-0.05, 0) is 48.3 Å². The van der Waals surface area contributed by atoms with Gasteiger partial charge in [-0.3, -0.25) is 14.3 Å². The second-order valence-corrected chi connectivity index (χ2v) is 9.10. The molecule has 1 atom stereocenters. The highest BCUT2D eigenvalue weighted by Crippen LogP contribution is 2.28. The summed E-state index contributed by atoms with van der Waals surface area (Å²) in [6.45, 7) is 1.37. The molecule has 1 fully saturated rings. The number of hydrogen-bond donors (Lipinski definition) is 0. The number of thiophene rings is 1. The number of rotatable bonds is 6. The average molecular weight is 437 g/mol. The normalized spacial score (nSPS) is 15.6. The molecule has 3 aromatic rings. The fraction of sp³-hybridized carbons (Fsp3) is 0.375. The molecule has 7 heteroatoms. The molecule has 4 rings (SSSR count). The van der Waals surface area contributed by atoms with Crippen LogP contribution in [-0.2, 0) is 13.5 Å². The maximum atomic E-state index is 13.1. The second kappa shape index (κ2) is 9.47. The molecule has 0 radical (unpaired) electrons. The van der Waals surface area contributed by atoms with Crippen LogP contribution in [0.4, 0.5) is 0 Å². The summed E-state index contributed by atoms with van der Waals surface area (Å²) in [6, 6.07) is 16.0. The second-order valence-electron chi connectivity index (χ2n) is 8.15. The van der Waals surface area contributed by atoms with Crippen LogP contribution in [0, 0.1) is 5.92 Å². The Balaban J connectivity index is 1.48. The third-order valence-corrected chi connectivity index (χ3v) is 7.00. The summed E-state index contributed by atoms with van der Waals surface area (Å²) in [6.07, 6.45) is 4.35. The van der Waals surface area contributed by atoms with E-state index >= 15 is 0 Å². The summed E-state index contributed by atoms with van der Waals surface area (Å²) in [5, 5.41) is 6.19. The number of nitrogens with zero attached hydrogens (tertiary/aromatic N) is 4. The van der Waals surface area contributed by atoms with Crippen LogP contribution in [0.3, 0.4) is 0 Å². The minimum atomic E-state index is -0.0123. The van der Waals surface area contributed by atoms with Crippen molar-refractivity contribution < 1.29 is 9.59 Å². The zero-order valence-corrected chi connectivity index (χ0v) is 18.8. The number of hydrogen-bond acceptors (Lipinski definition) is 4. The Kier molecular flexibility index (Phi) is 6.51. The first-order chi connectivity index (χ1) is 15.0. The molecule has 31 heavy (non-hydrogen) atoms. The lowest BCUT2D eigenvalue weighted by Gasteiger charge is -2.40. The van der Waals surface area contributed by atoms with E-state index in [-0.39, 0.29) is 17.9 Å². The quantitative estimate of drug-likeness (QED) is 0.592. The first kappa shape index (κ1) is 21.3. The van der Waals surface area contributed by atoms with Crippen LogP contribution < -0.4 is 0 Å². The third-order valence-electron chi connectivity index (χ3n) is 6.14. The van der Waals surface area contributed by atoms with Crippen molar-refractivity contribution in [2.75, 3.05) is 20.1 Å². The van der Waals surface area contributed by atoms with E-state index in [1.807, 2.05) is 59.6 Å². The fourth-order valence-electron chi connectivity index (χ4n) is 4.38. The van der Waals surface area contributed by atoms with Gasteiger partial charge < -0.3 is 9.80 Å². The van der Waals surface area contributed by atoms with Crippen molar-refractivity contribution in [3.8, 4) is 0 Å². The van der Waals surface area contributed by atoms with Gasteiger partial charge in [-0.25, -0.2) is 0 Å². The summed E-state index contributed by atoms with van der Waals surface area (Å²) in [7, 11) is 3.73. The van der Waals surface area contributed by atoms with Crippen LogP contribution in [0.25, 0.3) is 0 Å². The maximum absolute atomic E-state index is 13.1. The minimum absolute atomic E-state index is 0.0123. The molecular formula is C24H28N4O2S. The molecule has 2 aromatic heterocycles. The van der Waals surface area contributed by atoms with Crippen molar-refractivity contribution in [1.29, 1.82) is 0 Å². The standard InChI is InChI=1S/C24H28N4O2S/c1-26-13-12-20(25-26)23(29)28-14-10-19(11-15-28)21(17-18-7-4-3-5-8-18)27(2)24(30)22-9-6-16-31-22/h3-9,12-13,16,19,21H,10-11,14-15,17H2,1-2H3/t21-/m0/s1. The molecule has 0 saturated carbocycles. The van der Waals surface area contributed by atoms with Crippen molar-refractivity contribution in [3.05, 3.63) is 76.2 Å². The van der Waals surface area contributed by atoms with Crippen LogP contribution in [0.5, 0.6) is 0 Å². The maximum Gasteiger partial charge on any atom is 0.274 e. The first-order valence-electron chi connectivity index (χ1n) is 10.7. The van der Waals surface area contributed by atoms with E-state index in [0.29, 0.717) is 24.7 Å². The fourth-order valence-corrected chi connectivity index (χ4v) is 5.08. The predicted molar refractivity (Wildman–Crippen MR) is 122 cm³/mol. The predicted octanol–water partition coefficient (Wildman–Crippen LogP) is 3.72. The van der Waals surface area contributed by atoms with E-state index in [4.69, 9.17) is 0 Å². The molecule has 2 amide bonds. The number of likely N-dealkylation sites (N-methyl/N-ethyl adjacent to an activating group) is 1. The molecule has 6 nitrogen and oxygen atoms in total. The van der Waals surface area contributed by atoms with Gasteiger partial charge in [0.2, 0.25) is 0 Å². The van der Waals surface area contributed by atoms with Crippen molar-refractivity contribution >= 4 is 23.2 Å². The molecule has 162 valence electrons. The Morgan fingerprint density at radius 1 is 1.13 bits per heavy atom. The summed E-state index contributed by atoms with van der Waals surface area (Å²) in [5.41, 5.74) is 1.72. The monoisotopic (exact) mass is 436 g/mol. The van der Waals surface area contributed by atoms with Crippen LogP contribution >= 0.6 is 11.3 Å². The van der Waals surface area contributed by atoms with Gasteiger partial charge in [0.25, 0.3) is 11.8 Å². The summed E-state index contributed by atoms with van der Waals surface area (Å²) < 4.78 is 1.65. The van der Waals surface area contributed by atoms with Gasteiger partial charge in [0.15, 0.2) is 0 Å². The van der Waals surface area contributed by atoms with Gasteiger partial charge in [-0.1, -0.05) is 36.4 Å². The Labute approximate surface area is 187 Å². The van der Waals surface area contributed by atoms with E-state index in [0.717, 1.165) is 24.1 Å². The number of piperidine rings is 1. The molecule has 0 unspecified atom stereocenters. The van der Waals surface area contributed by atoms with E-state index in [2.05, 4.69) is 17.2 Å². The number of aryl methyl sites for hydroxylation is 1. The molecular weight excluding hydrogens is 408 g/mol. The highest BCUT2D eigenvalue weighted by Gasteiger charge is 2.33. The van der Waals surface area contributed by atoms with E-state index in [9.17, 15) is 9.59 Å². The Bertz CT molecular complexity index is 1010. The van der Waals surface area contributed by atoms with E-state index in [1.165, 1.54) is 16.9 Å². The summed E-state index contributed by atoms with van der Waals surface area (Å²) >= 11 is 1.48. The third kappa shape index (κ3) is 4.88. The molecule has 0 spiro atoms. The smallest absolute Gasteiger partial charge is 0.274 e. The largest absolute Gasteiger partial charge is 0.337 e. The van der Waals surface area contributed by atoms with Crippen LogP contribution in [0.1, 0.15) is 38.6 Å². The molecule has 1 aromatic carbocycles. The number of carbonyl (C=O) groups is 2. The number of likely N-dealkylation sites (tertiary alicyclic amines) is 1. The average Bonchev–Trinajstić information content (AvgIpc) is 3.49. The molecule has 3 heterocycles. The highest BCUT2D eigenvalue weighted by molar-refractivity contribution is 7.12. The van der Waals surface area contributed by atoms with Gasteiger partial charge in [-0.2, -0.15) is 5.10 Å². The van der Waals surface area contributed by atoms with Gasteiger partial charge in [0, 0.05) is 39.4 Å². The van der Waals surface area contributed by atoms with Crippen molar-refractivity contribution in [1.82, 2.24) is 19.6 Å². The van der Waals surface area contributed by atoms with E-state index in [1.54, 1.807) is 16.9 Å². The van der Waals surface area contributed by atoms with Crippen molar-refractivity contribution in [2.45, 2.75) is 25.3 Å². The lowest BCUT2D eigenvalue weighted by Crippen LogP contribution is -2.48. The first-order valence-corrected chi connectivity index (χ1v) is 11.5. The molecule has 1 aliphatic heterocycles. The summed E-state index contributed by atoms with van der Waals surface area (Å²) in [4.78, 5) is 30.4. The van der Waals surface area contributed by atoms with E-state index < -0.39 is 0 Å². The molecule has 1 saturated heterocycles. The van der Waals surface area contributed by atoms with Crippen LogP contribution in [0.15, 0.2) is 60.1 Å². The van der Waals surface area contributed by atoms with Gasteiger partial charge >= 0.3 is 0 Å². The molecule has 0 bridgehead atoms. The number of benzene rings is 1. The van der Waals surface area contributed by atoms with Crippen molar-refractivity contribution in [3.63, 3.8) is 0 Å². The summed E-state index contributed by atoms with van der Waals surface area (Å²) in [5.74, 6) is 0.395. The Morgan fingerprint density at radius 2 is 1.87 bits per heavy atom. The lowest BCUT2D eigenvalue weighted by atomic mass is 9.84. The zero-order chi connectivity index (χ0) is 21.8. The van der Waals surface area contributed by atoms with Gasteiger partial charge in [0.05, 0.1) is 4.88 Å². The Morgan fingerprint density at radius 3 is 2.48 bits per heavy atom. The molecule has 0 aliphatic carbocycles.